The summed E-state index contributed by atoms with van der Waals surface area (Å²) in [5, 5.41) is 0. The highest BCUT2D eigenvalue weighted by Gasteiger charge is 2.40. The number of benzene rings is 1. The molecule has 1 unspecified atom stereocenters. The maximum absolute atomic E-state index is 12.3. The highest BCUT2D eigenvalue weighted by atomic mass is 16.5. The third kappa shape index (κ3) is 2.89. The Morgan fingerprint density at radius 2 is 1.68 bits per heavy atom. The SMILES string of the molecule is CCN(CC)C(C)(C(=O)OC)c1ccc(OC)cc1. The first kappa shape index (κ1) is 15.5. The third-order valence-electron chi connectivity index (χ3n) is 3.63. The van der Waals surface area contributed by atoms with Gasteiger partial charge in [-0.15, -0.1) is 0 Å². The van der Waals surface area contributed by atoms with Crippen LogP contribution in [-0.2, 0) is 15.1 Å². The summed E-state index contributed by atoms with van der Waals surface area (Å²) >= 11 is 0. The van der Waals surface area contributed by atoms with Gasteiger partial charge in [0, 0.05) is 0 Å². The van der Waals surface area contributed by atoms with Crippen LogP contribution in [0.15, 0.2) is 24.3 Å². The average molecular weight is 265 g/mol. The summed E-state index contributed by atoms with van der Waals surface area (Å²) in [6, 6.07) is 7.54. The monoisotopic (exact) mass is 265 g/mol. The fourth-order valence-corrected chi connectivity index (χ4v) is 2.40. The summed E-state index contributed by atoms with van der Waals surface area (Å²) in [6.45, 7) is 7.51. The zero-order valence-corrected chi connectivity index (χ0v) is 12.4. The molecule has 0 aliphatic heterocycles. The Kier molecular flexibility index (Phi) is 5.36. The Bertz CT molecular complexity index is 412. The van der Waals surface area contributed by atoms with E-state index in [9.17, 15) is 4.79 Å². The van der Waals surface area contributed by atoms with Gasteiger partial charge in [-0.1, -0.05) is 26.0 Å². The molecular weight excluding hydrogens is 242 g/mol. The molecule has 1 atom stereocenters. The van der Waals surface area contributed by atoms with Crippen LogP contribution in [0, 0.1) is 0 Å². The molecule has 0 aliphatic carbocycles. The lowest BCUT2D eigenvalue weighted by molar-refractivity contribution is -0.155. The largest absolute Gasteiger partial charge is 0.497 e. The van der Waals surface area contributed by atoms with Crippen molar-refractivity contribution in [3.05, 3.63) is 29.8 Å². The smallest absolute Gasteiger partial charge is 0.330 e. The fourth-order valence-electron chi connectivity index (χ4n) is 2.40. The molecule has 4 nitrogen and oxygen atoms in total. The summed E-state index contributed by atoms with van der Waals surface area (Å²) in [4.78, 5) is 14.3. The molecule has 0 aliphatic rings. The van der Waals surface area contributed by atoms with Crippen molar-refractivity contribution in [3.8, 4) is 5.75 Å². The highest BCUT2D eigenvalue weighted by molar-refractivity contribution is 5.82. The van der Waals surface area contributed by atoms with E-state index in [1.165, 1.54) is 7.11 Å². The van der Waals surface area contributed by atoms with Crippen molar-refractivity contribution in [2.75, 3.05) is 27.3 Å². The van der Waals surface area contributed by atoms with Crippen molar-refractivity contribution >= 4 is 5.97 Å². The molecule has 106 valence electrons. The van der Waals surface area contributed by atoms with E-state index in [0.717, 1.165) is 24.4 Å². The van der Waals surface area contributed by atoms with E-state index in [4.69, 9.17) is 9.47 Å². The summed E-state index contributed by atoms with van der Waals surface area (Å²) < 4.78 is 10.2. The van der Waals surface area contributed by atoms with Crippen molar-refractivity contribution < 1.29 is 14.3 Å². The number of rotatable bonds is 6. The number of likely N-dealkylation sites (N-methyl/N-ethyl adjacent to an activating group) is 1. The molecule has 1 rings (SSSR count). The van der Waals surface area contributed by atoms with Crippen LogP contribution in [-0.4, -0.2) is 38.2 Å². The lowest BCUT2D eigenvalue weighted by Gasteiger charge is -2.38. The molecule has 0 N–H and O–H groups in total. The van der Waals surface area contributed by atoms with Crippen LogP contribution in [0.3, 0.4) is 0 Å². The Labute approximate surface area is 115 Å². The number of nitrogens with zero attached hydrogens (tertiary/aromatic N) is 1. The second-order valence-electron chi connectivity index (χ2n) is 4.46. The van der Waals surface area contributed by atoms with Crippen molar-refractivity contribution in [2.45, 2.75) is 26.3 Å². The quantitative estimate of drug-likeness (QED) is 0.740. The van der Waals surface area contributed by atoms with Gasteiger partial charge in [0.15, 0.2) is 0 Å². The van der Waals surface area contributed by atoms with E-state index in [0.29, 0.717) is 0 Å². The van der Waals surface area contributed by atoms with Gasteiger partial charge in [-0.2, -0.15) is 0 Å². The number of hydrogen-bond acceptors (Lipinski definition) is 4. The first-order valence-corrected chi connectivity index (χ1v) is 6.52. The zero-order valence-electron chi connectivity index (χ0n) is 12.4. The zero-order chi connectivity index (χ0) is 14.5. The van der Waals surface area contributed by atoms with Gasteiger partial charge in [-0.05, 0) is 37.7 Å². The first-order chi connectivity index (χ1) is 9.04. The van der Waals surface area contributed by atoms with Crippen molar-refractivity contribution in [1.82, 2.24) is 4.90 Å². The lowest BCUT2D eigenvalue weighted by Crippen LogP contribution is -2.50. The van der Waals surface area contributed by atoms with Crippen LogP contribution in [0.4, 0.5) is 0 Å². The van der Waals surface area contributed by atoms with Gasteiger partial charge in [0.25, 0.3) is 0 Å². The molecule has 0 aromatic heterocycles. The second-order valence-corrected chi connectivity index (χ2v) is 4.46. The van der Waals surface area contributed by atoms with Gasteiger partial charge in [0.2, 0.25) is 0 Å². The third-order valence-corrected chi connectivity index (χ3v) is 3.63. The number of ether oxygens (including phenoxy) is 2. The maximum Gasteiger partial charge on any atom is 0.330 e. The van der Waals surface area contributed by atoms with Crippen molar-refractivity contribution in [2.24, 2.45) is 0 Å². The summed E-state index contributed by atoms with van der Waals surface area (Å²) in [5.41, 5.74) is 0.133. The molecule has 19 heavy (non-hydrogen) atoms. The number of carbonyl (C=O) groups is 1. The average Bonchev–Trinajstić information content (AvgIpc) is 2.47. The van der Waals surface area contributed by atoms with Crippen molar-refractivity contribution in [3.63, 3.8) is 0 Å². The highest BCUT2D eigenvalue weighted by Crippen LogP contribution is 2.30. The van der Waals surface area contributed by atoms with E-state index in [1.807, 2.05) is 45.0 Å². The molecule has 0 saturated carbocycles. The predicted molar refractivity (Wildman–Crippen MR) is 75.3 cm³/mol. The van der Waals surface area contributed by atoms with Gasteiger partial charge in [-0.3, -0.25) is 4.90 Å². The molecule has 0 radical (unpaired) electrons. The number of esters is 1. The van der Waals surface area contributed by atoms with E-state index in [-0.39, 0.29) is 5.97 Å². The van der Waals surface area contributed by atoms with Gasteiger partial charge < -0.3 is 9.47 Å². The molecule has 1 aromatic rings. The lowest BCUT2D eigenvalue weighted by atomic mass is 9.89. The Balaban J connectivity index is 3.25. The molecule has 0 heterocycles. The topological polar surface area (TPSA) is 38.8 Å². The predicted octanol–water partition coefficient (Wildman–Crippen LogP) is 2.43. The number of hydrogen-bond donors (Lipinski definition) is 0. The van der Waals surface area contributed by atoms with Crippen LogP contribution < -0.4 is 4.74 Å². The Morgan fingerprint density at radius 1 is 1.16 bits per heavy atom. The summed E-state index contributed by atoms with van der Waals surface area (Å²) in [7, 11) is 3.05. The number of carbonyl (C=O) groups excluding carboxylic acids is 1. The van der Waals surface area contributed by atoms with Gasteiger partial charge in [0.1, 0.15) is 11.3 Å². The van der Waals surface area contributed by atoms with Crippen molar-refractivity contribution in [1.29, 1.82) is 0 Å². The minimum Gasteiger partial charge on any atom is -0.497 e. The van der Waals surface area contributed by atoms with E-state index in [1.54, 1.807) is 7.11 Å². The molecule has 0 spiro atoms. The molecular formula is C15H23NO3. The fraction of sp³-hybridized carbons (Fsp3) is 0.533. The first-order valence-electron chi connectivity index (χ1n) is 6.52. The number of methoxy groups -OCH3 is 2. The minimum absolute atomic E-state index is 0.249. The summed E-state index contributed by atoms with van der Waals surface area (Å²) in [6.07, 6.45) is 0. The normalized spacial score (nSPS) is 14.0. The maximum atomic E-state index is 12.3. The molecule has 1 aromatic carbocycles. The molecule has 0 fully saturated rings. The Hall–Kier alpha value is -1.55. The molecule has 0 amide bonds. The van der Waals surface area contributed by atoms with E-state index >= 15 is 0 Å². The minimum atomic E-state index is -0.773. The standard InChI is InChI=1S/C15H23NO3/c1-6-16(7-2)15(3,14(17)19-5)12-8-10-13(18-4)11-9-12/h8-11H,6-7H2,1-5H3. The van der Waals surface area contributed by atoms with Gasteiger partial charge in [0.05, 0.1) is 14.2 Å². The second kappa shape index (κ2) is 6.57. The van der Waals surface area contributed by atoms with E-state index < -0.39 is 5.54 Å². The van der Waals surface area contributed by atoms with Crippen LogP contribution in [0.2, 0.25) is 0 Å². The van der Waals surface area contributed by atoms with Crippen LogP contribution >= 0.6 is 0 Å². The molecule has 4 heteroatoms. The Morgan fingerprint density at radius 3 is 2.05 bits per heavy atom. The molecule has 0 bridgehead atoms. The van der Waals surface area contributed by atoms with Crippen LogP contribution in [0.1, 0.15) is 26.3 Å². The molecule has 0 saturated heterocycles. The van der Waals surface area contributed by atoms with Gasteiger partial charge in [-0.25, -0.2) is 4.79 Å². The van der Waals surface area contributed by atoms with Gasteiger partial charge >= 0.3 is 5.97 Å². The van der Waals surface area contributed by atoms with Crippen LogP contribution in [0.5, 0.6) is 5.75 Å². The van der Waals surface area contributed by atoms with E-state index in [2.05, 4.69) is 4.90 Å². The van der Waals surface area contributed by atoms with Crippen LogP contribution in [0.25, 0.3) is 0 Å². The summed E-state index contributed by atoms with van der Waals surface area (Å²) in [5.74, 6) is 0.525.